The zero-order valence-corrected chi connectivity index (χ0v) is 14.0. The second kappa shape index (κ2) is 5.87. The van der Waals surface area contributed by atoms with Crippen LogP contribution in [0.3, 0.4) is 0 Å². The Kier molecular flexibility index (Phi) is 3.53. The number of nitriles is 2. The van der Waals surface area contributed by atoms with Crippen LogP contribution in [0.1, 0.15) is 11.5 Å². The van der Waals surface area contributed by atoms with Gasteiger partial charge in [-0.15, -0.1) is 0 Å². The first kappa shape index (κ1) is 15.6. The van der Waals surface area contributed by atoms with Gasteiger partial charge in [-0.1, -0.05) is 24.3 Å². The molecular formula is C20H15N5O. The molecule has 0 spiro atoms. The van der Waals surface area contributed by atoms with Crippen LogP contribution in [0.5, 0.6) is 5.75 Å². The molecule has 6 heteroatoms. The van der Waals surface area contributed by atoms with Crippen LogP contribution in [0.4, 0.5) is 11.4 Å². The van der Waals surface area contributed by atoms with Gasteiger partial charge in [-0.05, 0) is 29.8 Å². The topological polar surface area (TPSA) is 98.1 Å². The number of allylic oxidation sites excluding steroid dienone is 2. The number of nitrogens with zero attached hydrogens (tertiary/aromatic N) is 3. The Morgan fingerprint density at radius 3 is 2.38 bits per heavy atom. The number of anilines is 2. The number of para-hydroxylation sites is 2. The largest absolute Gasteiger partial charge is 0.497 e. The lowest BCUT2D eigenvalue weighted by molar-refractivity contribution is 0.414. The second-order valence-corrected chi connectivity index (χ2v) is 5.97. The molecule has 1 atom stereocenters. The van der Waals surface area contributed by atoms with Crippen molar-refractivity contribution in [2.24, 2.45) is 5.73 Å². The lowest BCUT2D eigenvalue weighted by Crippen LogP contribution is -2.34. The van der Waals surface area contributed by atoms with E-state index in [1.165, 1.54) is 0 Å². The molecule has 0 aliphatic carbocycles. The molecule has 0 bridgehead atoms. The fourth-order valence-corrected chi connectivity index (χ4v) is 3.43. The van der Waals surface area contributed by atoms with Crippen LogP contribution < -0.4 is 20.7 Å². The first-order valence-corrected chi connectivity index (χ1v) is 8.03. The summed E-state index contributed by atoms with van der Waals surface area (Å²) in [5, 5.41) is 22.9. The third kappa shape index (κ3) is 2.10. The van der Waals surface area contributed by atoms with E-state index < -0.39 is 5.92 Å². The fraction of sp³-hybridized carbons (Fsp3) is 0.100. The van der Waals surface area contributed by atoms with E-state index >= 15 is 0 Å². The summed E-state index contributed by atoms with van der Waals surface area (Å²) in [7, 11) is 1.59. The van der Waals surface area contributed by atoms with Crippen LogP contribution in [0.25, 0.3) is 0 Å². The summed E-state index contributed by atoms with van der Waals surface area (Å²) in [6.07, 6.45) is 0. The number of methoxy groups -OCH3 is 1. The fourth-order valence-electron chi connectivity index (χ4n) is 3.43. The highest BCUT2D eigenvalue weighted by atomic mass is 16.5. The van der Waals surface area contributed by atoms with Gasteiger partial charge < -0.3 is 15.8 Å². The number of fused-ring (bicyclic) bond motifs is 3. The number of hydrogen-bond acceptors (Lipinski definition) is 6. The first-order valence-electron chi connectivity index (χ1n) is 8.03. The maximum atomic E-state index is 9.88. The van der Waals surface area contributed by atoms with Gasteiger partial charge in [0.15, 0.2) is 0 Å². The lowest BCUT2D eigenvalue weighted by atomic mass is 9.83. The molecule has 0 fully saturated rings. The van der Waals surface area contributed by atoms with Crippen molar-refractivity contribution in [3.05, 3.63) is 76.9 Å². The summed E-state index contributed by atoms with van der Waals surface area (Å²) >= 11 is 0. The van der Waals surface area contributed by atoms with Crippen LogP contribution in [-0.2, 0) is 0 Å². The molecule has 2 aromatic rings. The Bertz CT molecular complexity index is 1040. The molecule has 1 unspecified atom stereocenters. The van der Waals surface area contributed by atoms with E-state index in [9.17, 15) is 10.5 Å². The Labute approximate surface area is 151 Å². The van der Waals surface area contributed by atoms with E-state index in [-0.39, 0.29) is 0 Å². The zero-order valence-electron chi connectivity index (χ0n) is 14.0. The number of benzene rings is 2. The lowest BCUT2D eigenvalue weighted by Gasteiger charge is -2.31. The molecule has 26 heavy (non-hydrogen) atoms. The van der Waals surface area contributed by atoms with Crippen molar-refractivity contribution in [2.75, 3.05) is 17.3 Å². The van der Waals surface area contributed by atoms with E-state index in [1.807, 2.05) is 48.5 Å². The normalized spacial score (nSPS) is 17.8. The van der Waals surface area contributed by atoms with Gasteiger partial charge in [0, 0.05) is 0 Å². The summed E-state index contributed by atoms with van der Waals surface area (Å²) in [6, 6.07) is 19.4. The predicted molar refractivity (Wildman–Crippen MR) is 97.7 cm³/mol. The van der Waals surface area contributed by atoms with Gasteiger partial charge in [0.05, 0.1) is 47.7 Å². The van der Waals surface area contributed by atoms with E-state index in [2.05, 4.69) is 17.5 Å². The summed E-state index contributed by atoms with van der Waals surface area (Å²) in [4.78, 5) is 1.74. The van der Waals surface area contributed by atoms with Gasteiger partial charge in [-0.3, -0.25) is 4.90 Å². The Hall–Kier alpha value is -3.90. The van der Waals surface area contributed by atoms with Crippen LogP contribution in [0.2, 0.25) is 0 Å². The zero-order chi connectivity index (χ0) is 18.3. The van der Waals surface area contributed by atoms with E-state index in [4.69, 9.17) is 10.5 Å². The summed E-state index contributed by atoms with van der Waals surface area (Å²) in [6.45, 7) is 0. The van der Waals surface area contributed by atoms with Gasteiger partial charge in [0.1, 0.15) is 17.4 Å². The van der Waals surface area contributed by atoms with Gasteiger partial charge >= 0.3 is 0 Å². The Balaban J connectivity index is 1.92. The number of nitrogens with one attached hydrogen (secondary N) is 1. The molecule has 0 saturated heterocycles. The molecular weight excluding hydrogens is 326 g/mol. The van der Waals surface area contributed by atoms with Crippen molar-refractivity contribution in [1.29, 1.82) is 10.5 Å². The van der Waals surface area contributed by atoms with Gasteiger partial charge in [-0.25, -0.2) is 0 Å². The second-order valence-electron chi connectivity index (χ2n) is 5.97. The Morgan fingerprint density at radius 1 is 1.04 bits per heavy atom. The summed E-state index contributed by atoms with van der Waals surface area (Å²) in [5.74, 6) is 1.12. The SMILES string of the molecule is COc1ccc(C2C(C#N)=C(N)N3C(=C2C#N)Nc2ccccc23)cc1. The number of nitrogens with two attached hydrogens (primary N) is 1. The average Bonchev–Trinajstić information content (AvgIpc) is 3.07. The van der Waals surface area contributed by atoms with Crippen molar-refractivity contribution >= 4 is 11.4 Å². The number of hydrogen-bond donors (Lipinski definition) is 2. The minimum absolute atomic E-state index is 0.333. The third-order valence-corrected chi connectivity index (χ3v) is 4.66. The van der Waals surface area contributed by atoms with Crippen LogP contribution in [-0.4, -0.2) is 7.11 Å². The molecule has 2 aliphatic rings. The molecule has 3 N–H and O–H groups in total. The predicted octanol–water partition coefficient (Wildman–Crippen LogP) is 3.15. The Morgan fingerprint density at radius 2 is 1.73 bits per heavy atom. The van der Waals surface area contributed by atoms with Gasteiger partial charge in [0.25, 0.3) is 0 Å². The molecule has 126 valence electrons. The molecule has 2 aromatic carbocycles. The molecule has 0 amide bonds. The molecule has 0 saturated carbocycles. The van der Waals surface area contributed by atoms with Crippen LogP contribution >= 0.6 is 0 Å². The maximum absolute atomic E-state index is 9.88. The minimum Gasteiger partial charge on any atom is -0.497 e. The molecule has 2 aliphatic heterocycles. The maximum Gasteiger partial charge on any atom is 0.131 e. The molecule has 2 heterocycles. The molecule has 6 nitrogen and oxygen atoms in total. The minimum atomic E-state index is -0.524. The van der Waals surface area contributed by atoms with Crippen molar-refractivity contribution < 1.29 is 4.74 Å². The van der Waals surface area contributed by atoms with Gasteiger partial charge in [0.2, 0.25) is 0 Å². The highest BCUT2D eigenvalue weighted by molar-refractivity contribution is 5.86. The average molecular weight is 341 g/mol. The van der Waals surface area contributed by atoms with Gasteiger partial charge in [-0.2, -0.15) is 10.5 Å². The first-order chi connectivity index (χ1) is 12.7. The van der Waals surface area contributed by atoms with E-state index in [0.717, 1.165) is 16.9 Å². The van der Waals surface area contributed by atoms with Crippen LogP contribution in [0.15, 0.2) is 71.3 Å². The van der Waals surface area contributed by atoms with E-state index in [0.29, 0.717) is 28.5 Å². The standard InChI is InChI=1S/C20H15N5O/c1-26-13-8-6-12(7-9-13)18-14(10-21)19(23)25-17-5-3-2-4-16(17)24-20(25)15(18)11-22/h2-9,18,24H,23H2,1H3. The van der Waals surface area contributed by atoms with Crippen molar-refractivity contribution in [3.8, 4) is 17.9 Å². The van der Waals surface area contributed by atoms with E-state index in [1.54, 1.807) is 12.0 Å². The molecule has 0 radical (unpaired) electrons. The summed E-state index contributed by atoms with van der Waals surface area (Å²) < 4.78 is 5.20. The number of rotatable bonds is 2. The molecule has 0 aromatic heterocycles. The van der Waals surface area contributed by atoms with Crippen molar-refractivity contribution in [2.45, 2.75) is 5.92 Å². The number of ether oxygens (including phenoxy) is 1. The van der Waals surface area contributed by atoms with Crippen molar-refractivity contribution in [3.63, 3.8) is 0 Å². The van der Waals surface area contributed by atoms with Crippen LogP contribution in [0, 0.1) is 22.7 Å². The highest BCUT2D eigenvalue weighted by Crippen LogP contribution is 2.47. The molecule has 4 rings (SSSR count). The monoisotopic (exact) mass is 341 g/mol. The highest BCUT2D eigenvalue weighted by Gasteiger charge is 2.40. The third-order valence-electron chi connectivity index (χ3n) is 4.66. The van der Waals surface area contributed by atoms with Crippen molar-refractivity contribution in [1.82, 2.24) is 0 Å². The quantitative estimate of drug-likeness (QED) is 0.871. The smallest absolute Gasteiger partial charge is 0.131 e. The summed E-state index contributed by atoms with van der Waals surface area (Å²) in [5.41, 5.74) is 9.67.